The topological polar surface area (TPSA) is 47.0 Å². The van der Waals surface area contributed by atoms with E-state index in [0.717, 1.165) is 62.8 Å². The lowest BCUT2D eigenvalue weighted by molar-refractivity contribution is 0.185. The van der Waals surface area contributed by atoms with Crippen LogP contribution in [0, 0.1) is 19.8 Å². The lowest BCUT2D eigenvalue weighted by Gasteiger charge is -2.13. The SMILES string of the molecule is CCCNCc1c(C)nc(CC2CCOC2)nc1C. The molecular weight excluding hydrogens is 238 g/mol. The molecule has 1 aromatic rings. The van der Waals surface area contributed by atoms with Gasteiger partial charge in [-0.05, 0) is 39.2 Å². The average Bonchev–Trinajstić information content (AvgIpc) is 2.85. The van der Waals surface area contributed by atoms with E-state index in [1.165, 1.54) is 5.56 Å². The summed E-state index contributed by atoms with van der Waals surface area (Å²) in [6, 6.07) is 0. The number of nitrogens with one attached hydrogen (secondary N) is 1. The standard InChI is InChI=1S/C15H25N3O/c1-4-6-16-9-14-11(2)17-15(18-12(14)3)8-13-5-7-19-10-13/h13,16H,4-10H2,1-3H3. The molecule has 1 N–H and O–H groups in total. The Morgan fingerprint density at radius 1 is 1.26 bits per heavy atom. The highest BCUT2D eigenvalue weighted by molar-refractivity contribution is 5.24. The highest BCUT2D eigenvalue weighted by atomic mass is 16.5. The Morgan fingerprint density at radius 3 is 2.58 bits per heavy atom. The fourth-order valence-corrected chi connectivity index (χ4v) is 2.55. The molecule has 0 amide bonds. The molecule has 2 rings (SSSR count). The van der Waals surface area contributed by atoms with Crippen LogP contribution in [0.25, 0.3) is 0 Å². The van der Waals surface area contributed by atoms with Crippen molar-refractivity contribution >= 4 is 0 Å². The summed E-state index contributed by atoms with van der Waals surface area (Å²) in [5, 5.41) is 3.43. The average molecular weight is 263 g/mol. The summed E-state index contributed by atoms with van der Waals surface area (Å²) >= 11 is 0. The second-order valence-corrected chi connectivity index (χ2v) is 5.40. The van der Waals surface area contributed by atoms with Crippen molar-refractivity contribution < 1.29 is 4.74 Å². The van der Waals surface area contributed by atoms with Crippen molar-refractivity contribution in [3.8, 4) is 0 Å². The predicted octanol–water partition coefficient (Wildman–Crippen LogP) is 2.17. The minimum absolute atomic E-state index is 0.600. The lowest BCUT2D eigenvalue weighted by Crippen LogP contribution is -2.18. The van der Waals surface area contributed by atoms with Crippen molar-refractivity contribution in [2.45, 2.75) is 46.6 Å². The summed E-state index contributed by atoms with van der Waals surface area (Å²) in [7, 11) is 0. The summed E-state index contributed by atoms with van der Waals surface area (Å²) in [5.41, 5.74) is 3.48. The van der Waals surface area contributed by atoms with Crippen molar-refractivity contribution in [3.05, 3.63) is 22.8 Å². The van der Waals surface area contributed by atoms with E-state index in [9.17, 15) is 0 Å². The Hall–Kier alpha value is -1.00. The van der Waals surface area contributed by atoms with Gasteiger partial charge in [-0.25, -0.2) is 9.97 Å². The van der Waals surface area contributed by atoms with E-state index in [2.05, 4.69) is 36.1 Å². The quantitative estimate of drug-likeness (QED) is 0.799. The molecule has 1 aliphatic heterocycles. The molecule has 0 aliphatic carbocycles. The van der Waals surface area contributed by atoms with Gasteiger partial charge in [0.05, 0.1) is 0 Å². The minimum Gasteiger partial charge on any atom is -0.381 e. The molecule has 1 aliphatic rings. The van der Waals surface area contributed by atoms with Gasteiger partial charge in [-0.1, -0.05) is 6.92 Å². The van der Waals surface area contributed by atoms with Gasteiger partial charge in [-0.15, -0.1) is 0 Å². The number of aromatic nitrogens is 2. The maximum atomic E-state index is 5.41. The van der Waals surface area contributed by atoms with Crippen molar-refractivity contribution in [3.63, 3.8) is 0 Å². The van der Waals surface area contributed by atoms with Crippen molar-refractivity contribution in [1.82, 2.24) is 15.3 Å². The van der Waals surface area contributed by atoms with Gasteiger partial charge in [-0.3, -0.25) is 0 Å². The zero-order chi connectivity index (χ0) is 13.7. The molecule has 2 heterocycles. The van der Waals surface area contributed by atoms with E-state index in [1.54, 1.807) is 0 Å². The van der Waals surface area contributed by atoms with E-state index in [1.807, 2.05) is 0 Å². The molecule has 1 aromatic heterocycles. The maximum Gasteiger partial charge on any atom is 0.129 e. The van der Waals surface area contributed by atoms with Gasteiger partial charge in [0, 0.05) is 43.1 Å². The molecular formula is C15H25N3O. The number of ether oxygens (including phenoxy) is 1. The lowest BCUT2D eigenvalue weighted by atomic mass is 10.0. The minimum atomic E-state index is 0.600. The Bertz CT molecular complexity index is 391. The first-order valence-corrected chi connectivity index (χ1v) is 7.32. The van der Waals surface area contributed by atoms with Crippen LogP contribution in [0.4, 0.5) is 0 Å². The molecule has 0 saturated carbocycles. The van der Waals surface area contributed by atoms with Crippen molar-refractivity contribution in [1.29, 1.82) is 0 Å². The summed E-state index contributed by atoms with van der Waals surface area (Å²) < 4.78 is 5.41. The molecule has 106 valence electrons. The second kappa shape index (κ2) is 6.96. The number of aryl methyl sites for hydroxylation is 2. The molecule has 1 unspecified atom stereocenters. The van der Waals surface area contributed by atoms with Crippen LogP contribution in [0.3, 0.4) is 0 Å². The summed E-state index contributed by atoms with van der Waals surface area (Å²) in [6.07, 6.45) is 3.24. The molecule has 0 spiro atoms. The Morgan fingerprint density at radius 2 is 2.00 bits per heavy atom. The number of hydrogen-bond donors (Lipinski definition) is 1. The first-order chi connectivity index (χ1) is 9.20. The van der Waals surface area contributed by atoms with Crippen LogP contribution in [-0.4, -0.2) is 29.7 Å². The van der Waals surface area contributed by atoms with Crippen LogP contribution in [0.1, 0.15) is 42.5 Å². The zero-order valence-electron chi connectivity index (χ0n) is 12.3. The molecule has 19 heavy (non-hydrogen) atoms. The fraction of sp³-hybridized carbons (Fsp3) is 0.733. The smallest absolute Gasteiger partial charge is 0.129 e. The van der Waals surface area contributed by atoms with Gasteiger partial charge in [0.25, 0.3) is 0 Å². The largest absolute Gasteiger partial charge is 0.381 e. The molecule has 0 radical (unpaired) electrons. The molecule has 4 heteroatoms. The summed E-state index contributed by atoms with van der Waals surface area (Å²) in [4.78, 5) is 9.34. The van der Waals surface area contributed by atoms with Crippen molar-refractivity contribution in [2.24, 2.45) is 5.92 Å². The van der Waals surface area contributed by atoms with E-state index < -0.39 is 0 Å². The highest BCUT2D eigenvalue weighted by Gasteiger charge is 2.18. The molecule has 1 atom stereocenters. The van der Waals surface area contributed by atoms with E-state index in [4.69, 9.17) is 4.74 Å². The third kappa shape index (κ3) is 3.98. The number of rotatable bonds is 6. The normalized spacial score (nSPS) is 19.0. The second-order valence-electron chi connectivity index (χ2n) is 5.40. The highest BCUT2D eigenvalue weighted by Crippen LogP contribution is 2.18. The van der Waals surface area contributed by atoms with Gasteiger partial charge in [0.2, 0.25) is 0 Å². The molecule has 1 saturated heterocycles. The Balaban J connectivity index is 2.02. The van der Waals surface area contributed by atoms with Crippen LogP contribution in [0.5, 0.6) is 0 Å². The Kier molecular flexibility index (Phi) is 5.28. The summed E-state index contributed by atoms with van der Waals surface area (Å²) in [5.74, 6) is 1.58. The monoisotopic (exact) mass is 263 g/mol. The van der Waals surface area contributed by atoms with E-state index in [0.29, 0.717) is 5.92 Å². The van der Waals surface area contributed by atoms with Gasteiger partial charge in [0.15, 0.2) is 0 Å². The predicted molar refractivity (Wildman–Crippen MR) is 76.1 cm³/mol. The van der Waals surface area contributed by atoms with Gasteiger partial charge in [0.1, 0.15) is 5.82 Å². The molecule has 0 aromatic carbocycles. The van der Waals surface area contributed by atoms with Crippen LogP contribution in [-0.2, 0) is 17.7 Å². The first-order valence-electron chi connectivity index (χ1n) is 7.32. The van der Waals surface area contributed by atoms with Gasteiger partial charge < -0.3 is 10.1 Å². The number of nitrogens with zero attached hydrogens (tertiary/aromatic N) is 2. The third-order valence-electron chi connectivity index (χ3n) is 3.69. The molecule has 0 bridgehead atoms. The maximum absolute atomic E-state index is 5.41. The van der Waals surface area contributed by atoms with Crippen LogP contribution in [0.2, 0.25) is 0 Å². The summed E-state index contributed by atoms with van der Waals surface area (Å²) in [6.45, 7) is 10.0. The zero-order valence-corrected chi connectivity index (χ0v) is 12.3. The van der Waals surface area contributed by atoms with Gasteiger partial charge in [-0.2, -0.15) is 0 Å². The third-order valence-corrected chi connectivity index (χ3v) is 3.69. The van der Waals surface area contributed by atoms with Crippen molar-refractivity contribution in [2.75, 3.05) is 19.8 Å². The van der Waals surface area contributed by atoms with Crippen LogP contribution in [0.15, 0.2) is 0 Å². The fourth-order valence-electron chi connectivity index (χ4n) is 2.55. The van der Waals surface area contributed by atoms with Crippen LogP contribution < -0.4 is 5.32 Å². The van der Waals surface area contributed by atoms with Crippen LogP contribution >= 0.6 is 0 Å². The van der Waals surface area contributed by atoms with E-state index >= 15 is 0 Å². The first kappa shape index (κ1) is 14.4. The molecule has 1 fully saturated rings. The van der Waals surface area contributed by atoms with E-state index in [-0.39, 0.29) is 0 Å². The van der Waals surface area contributed by atoms with Gasteiger partial charge >= 0.3 is 0 Å². The number of hydrogen-bond acceptors (Lipinski definition) is 4. The molecule has 4 nitrogen and oxygen atoms in total. The Labute approximate surface area is 116 Å².